The Morgan fingerprint density at radius 3 is 2.45 bits per heavy atom. The van der Waals surface area contributed by atoms with Crippen molar-refractivity contribution in [2.45, 2.75) is 25.2 Å². The number of amides is 1. The number of nitrogens with one attached hydrogen (secondary N) is 1. The molecule has 1 heterocycles. The van der Waals surface area contributed by atoms with Gasteiger partial charge in [-0.3, -0.25) is 4.79 Å². The van der Waals surface area contributed by atoms with Crippen LogP contribution in [0, 0.1) is 18.6 Å². The first kappa shape index (κ1) is 20.7. The van der Waals surface area contributed by atoms with Gasteiger partial charge in [-0.25, -0.2) is 26.9 Å². The van der Waals surface area contributed by atoms with E-state index in [9.17, 15) is 22.0 Å². The van der Waals surface area contributed by atoms with Crippen LogP contribution in [0.2, 0.25) is 0 Å². The average Bonchev–Trinajstić information content (AvgIpc) is 3.03. The lowest BCUT2D eigenvalue weighted by molar-refractivity contribution is 0.0977. The number of aryl methyl sites for hydroxylation is 3. The standard InChI is InChI=1S/C20H19F2N3O3S/c1-4-13-9-8-12(2)17(10-13)29(27,28)24-20(26)16-11-25(3)19(23-16)18-14(21)6-5-7-15(18)22/h5-11H,4H2,1-3H3,(H,24,26). The number of nitrogens with zero attached hydrogens (tertiary/aromatic N) is 2. The molecular formula is C20H19F2N3O3S. The third-order valence-electron chi connectivity index (χ3n) is 4.47. The van der Waals surface area contributed by atoms with Crippen LogP contribution in [0.3, 0.4) is 0 Å². The second-order valence-electron chi connectivity index (χ2n) is 6.55. The molecule has 0 spiro atoms. The zero-order valence-electron chi connectivity index (χ0n) is 16.0. The first-order valence-electron chi connectivity index (χ1n) is 8.78. The topological polar surface area (TPSA) is 81.1 Å². The van der Waals surface area contributed by atoms with E-state index >= 15 is 0 Å². The molecule has 0 atom stereocenters. The fourth-order valence-electron chi connectivity index (χ4n) is 2.90. The molecule has 3 aromatic rings. The summed E-state index contributed by atoms with van der Waals surface area (Å²) in [5, 5.41) is 0. The molecule has 0 aliphatic heterocycles. The monoisotopic (exact) mass is 419 g/mol. The van der Waals surface area contributed by atoms with E-state index in [1.807, 2.05) is 17.7 Å². The van der Waals surface area contributed by atoms with E-state index in [1.54, 1.807) is 13.0 Å². The molecule has 0 saturated carbocycles. The maximum absolute atomic E-state index is 14.0. The predicted octanol–water partition coefficient (Wildman–Crippen LogP) is 3.35. The lowest BCUT2D eigenvalue weighted by atomic mass is 10.1. The Labute approximate surface area is 167 Å². The zero-order valence-corrected chi connectivity index (χ0v) is 16.8. The summed E-state index contributed by atoms with van der Waals surface area (Å²) < 4.78 is 56.7. The minimum Gasteiger partial charge on any atom is -0.333 e. The molecule has 0 aliphatic carbocycles. The van der Waals surface area contributed by atoms with Crippen molar-refractivity contribution in [3.8, 4) is 11.4 Å². The number of carbonyl (C=O) groups excluding carboxylic acids is 1. The molecule has 0 saturated heterocycles. The van der Waals surface area contributed by atoms with Crippen LogP contribution in [-0.2, 0) is 23.5 Å². The van der Waals surface area contributed by atoms with Gasteiger partial charge in [-0.05, 0) is 42.7 Å². The van der Waals surface area contributed by atoms with Crippen molar-refractivity contribution in [3.05, 3.63) is 71.1 Å². The SMILES string of the molecule is CCc1ccc(C)c(S(=O)(=O)NC(=O)c2cn(C)c(-c3c(F)cccc3F)n2)c1. The Morgan fingerprint density at radius 2 is 1.83 bits per heavy atom. The molecule has 1 amide bonds. The molecule has 29 heavy (non-hydrogen) atoms. The van der Waals surface area contributed by atoms with Gasteiger partial charge in [0.25, 0.3) is 15.9 Å². The average molecular weight is 419 g/mol. The summed E-state index contributed by atoms with van der Waals surface area (Å²) in [4.78, 5) is 16.4. The molecule has 1 N–H and O–H groups in total. The number of carbonyl (C=O) groups is 1. The highest BCUT2D eigenvalue weighted by atomic mass is 32.2. The maximum atomic E-state index is 14.0. The lowest BCUT2D eigenvalue weighted by Gasteiger charge is -2.10. The van der Waals surface area contributed by atoms with E-state index in [-0.39, 0.29) is 16.4 Å². The van der Waals surface area contributed by atoms with Crippen LogP contribution in [0.25, 0.3) is 11.4 Å². The molecule has 3 rings (SSSR count). The van der Waals surface area contributed by atoms with Crippen molar-refractivity contribution < 1.29 is 22.0 Å². The number of aromatic nitrogens is 2. The van der Waals surface area contributed by atoms with Gasteiger partial charge in [-0.15, -0.1) is 0 Å². The summed E-state index contributed by atoms with van der Waals surface area (Å²) in [6.07, 6.45) is 1.84. The van der Waals surface area contributed by atoms with Crippen LogP contribution < -0.4 is 4.72 Å². The van der Waals surface area contributed by atoms with E-state index in [0.29, 0.717) is 12.0 Å². The molecule has 0 unspecified atom stereocenters. The molecule has 0 radical (unpaired) electrons. The van der Waals surface area contributed by atoms with Gasteiger partial charge in [0.15, 0.2) is 0 Å². The summed E-state index contributed by atoms with van der Waals surface area (Å²) in [6.45, 7) is 3.51. The van der Waals surface area contributed by atoms with E-state index in [4.69, 9.17) is 0 Å². The van der Waals surface area contributed by atoms with Gasteiger partial charge in [0.05, 0.1) is 10.5 Å². The number of imidazole rings is 1. The molecular weight excluding hydrogens is 400 g/mol. The Bertz CT molecular complexity index is 1180. The number of rotatable bonds is 5. The molecule has 2 aromatic carbocycles. The Balaban J connectivity index is 1.95. The number of hydrogen-bond acceptors (Lipinski definition) is 4. The van der Waals surface area contributed by atoms with Gasteiger partial charge in [0.1, 0.15) is 23.2 Å². The third kappa shape index (κ3) is 4.04. The Morgan fingerprint density at radius 1 is 1.17 bits per heavy atom. The van der Waals surface area contributed by atoms with Crippen LogP contribution in [-0.4, -0.2) is 23.9 Å². The summed E-state index contributed by atoms with van der Waals surface area (Å²) in [5.74, 6) is -2.81. The summed E-state index contributed by atoms with van der Waals surface area (Å²) >= 11 is 0. The van der Waals surface area contributed by atoms with Gasteiger partial charge in [0.2, 0.25) is 0 Å². The maximum Gasteiger partial charge on any atom is 0.285 e. The van der Waals surface area contributed by atoms with E-state index < -0.39 is 33.1 Å². The van der Waals surface area contributed by atoms with E-state index in [0.717, 1.165) is 17.7 Å². The van der Waals surface area contributed by atoms with Crippen LogP contribution in [0.5, 0.6) is 0 Å². The normalized spacial score (nSPS) is 11.5. The number of sulfonamides is 1. The van der Waals surface area contributed by atoms with Gasteiger partial charge in [-0.2, -0.15) is 0 Å². The summed E-state index contributed by atoms with van der Waals surface area (Å²) in [7, 11) is -2.70. The molecule has 6 nitrogen and oxygen atoms in total. The van der Waals surface area contributed by atoms with Crippen LogP contribution in [0.15, 0.2) is 47.5 Å². The van der Waals surface area contributed by atoms with Crippen molar-refractivity contribution in [1.82, 2.24) is 14.3 Å². The summed E-state index contributed by atoms with van der Waals surface area (Å²) in [5.41, 5.74) is 0.609. The van der Waals surface area contributed by atoms with Crippen molar-refractivity contribution in [2.75, 3.05) is 0 Å². The fourth-order valence-corrected chi connectivity index (χ4v) is 4.16. The molecule has 0 aliphatic rings. The van der Waals surface area contributed by atoms with Gasteiger partial charge >= 0.3 is 0 Å². The van der Waals surface area contributed by atoms with Gasteiger partial charge in [-0.1, -0.05) is 25.1 Å². The quantitative estimate of drug-likeness (QED) is 0.688. The largest absolute Gasteiger partial charge is 0.333 e. The smallest absolute Gasteiger partial charge is 0.285 e. The van der Waals surface area contributed by atoms with Gasteiger partial charge in [0, 0.05) is 13.2 Å². The minimum atomic E-state index is -4.15. The second kappa shape index (κ2) is 7.75. The highest BCUT2D eigenvalue weighted by Gasteiger charge is 2.24. The summed E-state index contributed by atoms with van der Waals surface area (Å²) in [6, 6.07) is 8.33. The van der Waals surface area contributed by atoms with E-state index in [1.165, 1.54) is 29.9 Å². The molecule has 9 heteroatoms. The number of benzene rings is 2. The molecule has 1 aromatic heterocycles. The third-order valence-corrected chi connectivity index (χ3v) is 5.95. The van der Waals surface area contributed by atoms with E-state index in [2.05, 4.69) is 4.98 Å². The van der Waals surface area contributed by atoms with Crippen molar-refractivity contribution in [2.24, 2.45) is 7.05 Å². The Kier molecular flexibility index (Phi) is 5.52. The molecule has 0 bridgehead atoms. The Hall–Kier alpha value is -3.07. The number of hydrogen-bond donors (Lipinski definition) is 1. The highest BCUT2D eigenvalue weighted by molar-refractivity contribution is 7.90. The lowest BCUT2D eigenvalue weighted by Crippen LogP contribution is -2.31. The fraction of sp³-hybridized carbons (Fsp3) is 0.200. The highest BCUT2D eigenvalue weighted by Crippen LogP contribution is 2.25. The molecule has 0 fully saturated rings. The van der Waals surface area contributed by atoms with Gasteiger partial charge < -0.3 is 4.57 Å². The van der Waals surface area contributed by atoms with Crippen molar-refractivity contribution in [3.63, 3.8) is 0 Å². The second-order valence-corrected chi connectivity index (χ2v) is 8.20. The first-order chi connectivity index (χ1) is 13.6. The molecule has 152 valence electrons. The predicted molar refractivity (Wildman–Crippen MR) is 104 cm³/mol. The van der Waals surface area contributed by atoms with Crippen LogP contribution >= 0.6 is 0 Å². The zero-order chi connectivity index (χ0) is 21.3. The first-order valence-corrected chi connectivity index (χ1v) is 10.3. The van der Waals surface area contributed by atoms with Crippen molar-refractivity contribution in [1.29, 1.82) is 0 Å². The number of halogens is 2. The minimum absolute atomic E-state index is 0.0125. The van der Waals surface area contributed by atoms with Crippen LogP contribution in [0.4, 0.5) is 8.78 Å². The van der Waals surface area contributed by atoms with Crippen LogP contribution in [0.1, 0.15) is 28.5 Å². The van der Waals surface area contributed by atoms with Crippen molar-refractivity contribution >= 4 is 15.9 Å².